The lowest BCUT2D eigenvalue weighted by Gasteiger charge is -2.07. The molecule has 1 aromatic carbocycles. The number of amides is 1. The fraction of sp³-hybridized carbons (Fsp3) is 0.120. The van der Waals surface area contributed by atoms with Gasteiger partial charge < -0.3 is 10.1 Å². The molecule has 166 valence electrons. The summed E-state index contributed by atoms with van der Waals surface area (Å²) in [5, 5.41) is 7.20. The van der Waals surface area contributed by atoms with E-state index in [-0.39, 0.29) is 11.7 Å². The molecule has 0 aliphatic heterocycles. The Hall–Kier alpha value is -4.33. The van der Waals surface area contributed by atoms with Crippen LogP contribution in [0.2, 0.25) is 0 Å². The first-order valence-corrected chi connectivity index (χ1v) is 10.3. The molecule has 0 saturated carbocycles. The van der Waals surface area contributed by atoms with Gasteiger partial charge in [-0.15, -0.1) is 0 Å². The molecule has 33 heavy (non-hydrogen) atoms. The summed E-state index contributed by atoms with van der Waals surface area (Å²) >= 11 is 0. The maximum Gasteiger partial charge on any atom is 0.244 e. The Morgan fingerprint density at radius 2 is 2.03 bits per heavy atom. The van der Waals surface area contributed by atoms with E-state index in [1.54, 1.807) is 35.3 Å². The highest BCUT2D eigenvalue weighted by Crippen LogP contribution is 2.24. The van der Waals surface area contributed by atoms with Crippen LogP contribution in [-0.2, 0) is 11.3 Å². The van der Waals surface area contributed by atoms with Crippen LogP contribution in [0.25, 0.3) is 11.9 Å². The number of hydrogen-bond donors (Lipinski definition) is 1. The van der Waals surface area contributed by atoms with Gasteiger partial charge in [-0.25, -0.2) is 14.1 Å². The smallest absolute Gasteiger partial charge is 0.244 e. The molecule has 4 rings (SSSR count). The van der Waals surface area contributed by atoms with Crippen molar-refractivity contribution in [1.29, 1.82) is 0 Å². The third-order valence-corrected chi connectivity index (χ3v) is 4.75. The minimum absolute atomic E-state index is 0.0843. The second-order valence-corrected chi connectivity index (χ2v) is 7.40. The summed E-state index contributed by atoms with van der Waals surface area (Å²) in [7, 11) is 0. The molecular formula is C25H22FN5O2. The third kappa shape index (κ3) is 5.68. The Morgan fingerprint density at radius 3 is 2.70 bits per heavy atom. The average Bonchev–Trinajstić information content (AvgIpc) is 3.16. The molecule has 0 saturated heterocycles. The second kappa shape index (κ2) is 9.86. The van der Waals surface area contributed by atoms with E-state index in [1.807, 2.05) is 32.0 Å². The largest absolute Gasteiger partial charge is 0.453 e. The van der Waals surface area contributed by atoms with Crippen LogP contribution in [0.15, 0.2) is 73.2 Å². The first-order chi connectivity index (χ1) is 16.0. The Labute approximate surface area is 190 Å². The second-order valence-electron chi connectivity index (χ2n) is 7.40. The fourth-order valence-electron chi connectivity index (χ4n) is 3.17. The van der Waals surface area contributed by atoms with Crippen LogP contribution < -0.4 is 10.1 Å². The van der Waals surface area contributed by atoms with Crippen LogP contribution in [0.1, 0.15) is 22.5 Å². The van der Waals surface area contributed by atoms with Crippen molar-refractivity contribution in [3.8, 4) is 17.3 Å². The quantitative estimate of drug-likeness (QED) is 0.424. The van der Waals surface area contributed by atoms with Crippen LogP contribution in [-0.4, -0.2) is 25.7 Å². The monoisotopic (exact) mass is 443 g/mol. The zero-order chi connectivity index (χ0) is 23.2. The Morgan fingerprint density at radius 1 is 1.15 bits per heavy atom. The van der Waals surface area contributed by atoms with Gasteiger partial charge >= 0.3 is 0 Å². The summed E-state index contributed by atoms with van der Waals surface area (Å²) in [6.45, 7) is 4.22. The van der Waals surface area contributed by atoms with Crippen LogP contribution in [0.3, 0.4) is 0 Å². The maximum absolute atomic E-state index is 14.3. The highest BCUT2D eigenvalue weighted by Gasteiger charge is 2.07. The molecule has 0 unspecified atom stereocenters. The van der Waals surface area contributed by atoms with Crippen molar-refractivity contribution < 1.29 is 13.9 Å². The lowest BCUT2D eigenvalue weighted by Crippen LogP contribution is -2.20. The van der Waals surface area contributed by atoms with Gasteiger partial charge in [0, 0.05) is 30.7 Å². The molecule has 0 atom stereocenters. The number of nitrogens with one attached hydrogen (secondary N) is 1. The lowest BCUT2D eigenvalue weighted by molar-refractivity contribution is -0.116. The number of pyridine rings is 2. The van der Waals surface area contributed by atoms with Crippen molar-refractivity contribution in [3.63, 3.8) is 0 Å². The number of aryl methyl sites for hydroxylation is 2. The number of ether oxygens (including phenoxy) is 1. The van der Waals surface area contributed by atoms with Gasteiger partial charge in [0.25, 0.3) is 0 Å². The van der Waals surface area contributed by atoms with E-state index < -0.39 is 5.82 Å². The van der Waals surface area contributed by atoms with Crippen molar-refractivity contribution in [3.05, 3.63) is 102 Å². The average molecular weight is 443 g/mol. The molecule has 4 aromatic rings. The molecule has 3 heterocycles. The van der Waals surface area contributed by atoms with E-state index in [2.05, 4.69) is 20.4 Å². The predicted molar refractivity (Wildman–Crippen MR) is 122 cm³/mol. The van der Waals surface area contributed by atoms with Gasteiger partial charge in [0.15, 0.2) is 17.4 Å². The highest BCUT2D eigenvalue weighted by molar-refractivity contribution is 5.91. The first kappa shape index (κ1) is 21.9. The van der Waals surface area contributed by atoms with Crippen molar-refractivity contribution in [2.24, 2.45) is 0 Å². The maximum atomic E-state index is 14.3. The van der Waals surface area contributed by atoms with Gasteiger partial charge in [0.05, 0.1) is 11.9 Å². The normalized spacial score (nSPS) is 11.0. The van der Waals surface area contributed by atoms with Gasteiger partial charge in [0.2, 0.25) is 5.91 Å². The van der Waals surface area contributed by atoms with Crippen LogP contribution in [0, 0.1) is 19.7 Å². The van der Waals surface area contributed by atoms with E-state index >= 15 is 0 Å². The summed E-state index contributed by atoms with van der Waals surface area (Å²) in [4.78, 5) is 20.5. The molecule has 7 nitrogen and oxygen atoms in total. The van der Waals surface area contributed by atoms with Gasteiger partial charge in [-0.05, 0) is 67.4 Å². The molecule has 1 N–H and O–H groups in total. The summed E-state index contributed by atoms with van der Waals surface area (Å²) in [5.74, 6) is 0.412. The van der Waals surface area contributed by atoms with E-state index in [1.165, 1.54) is 30.5 Å². The zero-order valence-corrected chi connectivity index (χ0v) is 18.2. The zero-order valence-electron chi connectivity index (χ0n) is 18.2. The third-order valence-electron chi connectivity index (χ3n) is 4.75. The number of halogens is 1. The van der Waals surface area contributed by atoms with Gasteiger partial charge in [-0.1, -0.05) is 12.1 Å². The molecule has 0 spiro atoms. The number of nitrogens with zero attached hydrogens (tertiary/aromatic N) is 4. The van der Waals surface area contributed by atoms with Gasteiger partial charge in [0.1, 0.15) is 5.75 Å². The van der Waals surface area contributed by atoms with Crippen LogP contribution >= 0.6 is 0 Å². The molecule has 1 amide bonds. The molecule has 0 aliphatic carbocycles. The van der Waals surface area contributed by atoms with Crippen molar-refractivity contribution in [2.45, 2.75) is 20.4 Å². The van der Waals surface area contributed by atoms with Crippen LogP contribution in [0.4, 0.5) is 4.39 Å². The van der Waals surface area contributed by atoms with Crippen molar-refractivity contribution in [1.82, 2.24) is 25.1 Å². The SMILES string of the molecule is Cc1cc(C)n(-c2ccc(CNC(=O)/C=C/c3ccc(Oc4cccnc4)c(F)c3)cn2)n1. The van der Waals surface area contributed by atoms with Gasteiger partial charge in [-0.3, -0.25) is 9.78 Å². The van der Waals surface area contributed by atoms with E-state index in [4.69, 9.17) is 4.74 Å². The summed E-state index contributed by atoms with van der Waals surface area (Å²) in [5.41, 5.74) is 3.31. The van der Waals surface area contributed by atoms with E-state index in [0.29, 0.717) is 23.7 Å². The van der Waals surface area contributed by atoms with Crippen molar-refractivity contribution >= 4 is 12.0 Å². The molecule has 0 bridgehead atoms. The Balaban J connectivity index is 1.32. The number of hydrogen-bond acceptors (Lipinski definition) is 5. The molecule has 0 radical (unpaired) electrons. The summed E-state index contributed by atoms with van der Waals surface area (Å²) < 4.78 is 21.6. The molecule has 0 fully saturated rings. The van der Waals surface area contributed by atoms with Crippen LogP contribution in [0.5, 0.6) is 11.5 Å². The number of benzene rings is 1. The lowest BCUT2D eigenvalue weighted by atomic mass is 10.2. The Bertz CT molecular complexity index is 1280. The molecule has 8 heteroatoms. The van der Waals surface area contributed by atoms with E-state index in [0.717, 1.165) is 17.0 Å². The number of aromatic nitrogens is 4. The fourth-order valence-corrected chi connectivity index (χ4v) is 3.17. The predicted octanol–water partition coefficient (Wildman–Crippen LogP) is 4.54. The summed E-state index contributed by atoms with van der Waals surface area (Å²) in [6.07, 6.45) is 7.70. The number of carbonyl (C=O) groups excluding carboxylic acids is 1. The topological polar surface area (TPSA) is 81.9 Å². The van der Waals surface area contributed by atoms with E-state index in [9.17, 15) is 9.18 Å². The van der Waals surface area contributed by atoms with Crippen molar-refractivity contribution in [2.75, 3.05) is 0 Å². The highest BCUT2D eigenvalue weighted by atomic mass is 19.1. The Kier molecular flexibility index (Phi) is 6.54. The molecule has 0 aliphatic rings. The summed E-state index contributed by atoms with van der Waals surface area (Å²) in [6, 6.07) is 13.6. The number of carbonyl (C=O) groups is 1. The molecule has 3 aromatic heterocycles. The standard InChI is InChI=1S/C25H22FN5O2/c1-17-12-18(2)31(30-17)24-9-6-20(14-28-24)15-29-25(32)10-7-19-5-8-23(22(26)13-19)33-21-4-3-11-27-16-21/h3-14,16H,15H2,1-2H3,(H,29,32)/b10-7+. The van der Waals surface area contributed by atoms with Gasteiger partial charge in [-0.2, -0.15) is 5.10 Å². The first-order valence-electron chi connectivity index (χ1n) is 10.3. The molecular weight excluding hydrogens is 421 g/mol. The minimum atomic E-state index is -0.532. The minimum Gasteiger partial charge on any atom is -0.453 e. The number of rotatable bonds is 7.